The fraction of sp³-hybridized carbons (Fsp3) is 0.417. The molecule has 0 N–H and O–H groups in total. The first-order valence-electron chi connectivity index (χ1n) is 7.19. The summed E-state index contributed by atoms with van der Waals surface area (Å²) in [6.45, 7) is 0.735. The van der Waals surface area contributed by atoms with Crippen molar-refractivity contribution >= 4 is 17.5 Å². The molecule has 0 aromatic heterocycles. The van der Waals surface area contributed by atoms with E-state index < -0.39 is 33.1 Å². The van der Waals surface area contributed by atoms with E-state index in [2.05, 4.69) is 10.0 Å². The number of non-ortho nitro benzene ring substituents is 1. The van der Waals surface area contributed by atoms with Crippen LogP contribution >= 0.6 is 0 Å². The number of piperazine rings is 1. The van der Waals surface area contributed by atoms with Gasteiger partial charge in [-0.1, -0.05) is 0 Å². The summed E-state index contributed by atoms with van der Waals surface area (Å²) < 4.78 is 4.57. The second-order valence-corrected chi connectivity index (χ2v) is 5.00. The predicted molar refractivity (Wildman–Crippen MR) is 82.0 cm³/mol. The maximum absolute atomic E-state index is 11.9. The van der Waals surface area contributed by atoms with Crippen molar-refractivity contribution in [3.05, 3.63) is 43.6 Å². The van der Waals surface area contributed by atoms with E-state index >= 15 is 0 Å². The Kier molecular flexibility index (Phi) is 5.67. The van der Waals surface area contributed by atoms with Gasteiger partial charge in [0.25, 0.3) is 5.69 Å². The van der Waals surface area contributed by atoms with E-state index in [1.807, 2.05) is 0 Å². The molecule has 0 spiro atoms. The monoisotopic (exact) mass is 370 g/mol. The van der Waals surface area contributed by atoms with Gasteiger partial charge in [0.2, 0.25) is 11.0 Å². The molecule has 14 nitrogen and oxygen atoms in total. The molecule has 1 aromatic carbocycles. The van der Waals surface area contributed by atoms with E-state index in [9.17, 15) is 30.2 Å². The van der Waals surface area contributed by atoms with Gasteiger partial charge in [-0.25, -0.2) is 4.79 Å². The van der Waals surface area contributed by atoms with Crippen molar-refractivity contribution < 1.29 is 29.2 Å². The van der Waals surface area contributed by atoms with Crippen LogP contribution in [-0.2, 0) is 4.74 Å². The van der Waals surface area contributed by atoms with Crippen LogP contribution in [0.15, 0.2) is 23.5 Å². The van der Waals surface area contributed by atoms with Gasteiger partial charge in [-0.05, 0) is 6.07 Å². The molecule has 1 fully saturated rings. The summed E-state index contributed by atoms with van der Waals surface area (Å²) in [5.41, 5.74) is -1.20. The highest BCUT2D eigenvalue weighted by Crippen LogP contribution is 2.31. The minimum absolute atomic E-state index is 0.0970. The third kappa shape index (κ3) is 4.22. The van der Waals surface area contributed by atoms with Gasteiger partial charge in [-0.15, -0.1) is 5.01 Å². The molecule has 0 saturated carbocycles. The van der Waals surface area contributed by atoms with Gasteiger partial charge in [0.1, 0.15) is 0 Å². The molecule has 26 heavy (non-hydrogen) atoms. The fourth-order valence-corrected chi connectivity index (χ4v) is 2.15. The zero-order valence-corrected chi connectivity index (χ0v) is 13.5. The molecule has 1 heterocycles. The minimum Gasteiger partial charge on any atom is -0.569 e. The van der Waals surface area contributed by atoms with E-state index in [0.29, 0.717) is 6.07 Å². The maximum atomic E-state index is 11.9. The highest BCUT2D eigenvalue weighted by molar-refractivity contribution is 5.67. The Morgan fingerprint density at radius 2 is 1.77 bits per heavy atom. The first-order valence-corrected chi connectivity index (χ1v) is 7.19. The van der Waals surface area contributed by atoms with Crippen LogP contribution in [-0.4, -0.2) is 64.1 Å². The summed E-state index contributed by atoms with van der Waals surface area (Å²) in [5, 5.41) is 38.0. The maximum Gasteiger partial charge on any atom is 0.409 e. The van der Waals surface area contributed by atoms with Gasteiger partial charge in [-0.3, -0.25) is 25.1 Å². The Labute approximate surface area is 145 Å². The van der Waals surface area contributed by atoms with Crippen molar-refractivity contribution in [3.8, 4) is 5.75 Å². The van der Waals surface area contributed by atoms with Gasteiger partial charge in [0.15, 0.2) is 0 Å². The standard InChI is InChI=1S/C12H14N6O8/c1-25-12(19)14-4-6-15(7-5-14)18(24)13-26-11-3-2-9(16(20)21)8-10(11)17(22)23/h2-3,8H,4-7H2,1H3/b18-13-. The van der Waals surface area contributed by atoms with Gasteiger partial charge < -0.3 is 14.8 Å². The summed E-state index contributed by atoms with van der Waals surface area (Å²) >= 11 is 0. The smallest absolute Gasteiger partial charge is 0.409 e. The van der Waals surface area contributed by atoms with Crippen LogP contribution in [0.1, 0.15) is 0 Å². The van der Waals surface area contributed by atoms with E-state index in [-0.39, 0.29) is 31.1 Å². The number of methoxy groups -OCH3 is 1. The normalized spacial score (nSPS) is 14.7. The number of nitro benzene ring substituents is 2. The zero-order chi connectivity index (χ0) is 19.3. The highest BCUT2D eigenvalue weighted by Gasteiger charge is 2.27. The van der Waals surface area contributed by atoms with E-state index in [1.165, 1.54) is 17.0 Å². The zero-order valence-electron chi connectivity index (χ0n) is 13.5. The Morgan fingerprint density at radius 1 is 1.12 bits per heavy atom. The van der Waals surface area contributed by atoms with Crippen molar-refractivity contribution in [1.29, 1.82) is 0 Å². The molecule has 0 bridgehead atoms. The molecular formula is C12H14N6O8. The summed E-state index contributed by atoms with van der Waals surface area (Å²) in [4.78, 5) is 37.6. The van der Waals surface area contributed by atoms with Crippen molar-refractivity contribution in [1.82, 2.24) is 9.91 Å². The molecule has 1 aliphatic heterocycles. The number of rotatable bonds is 5. The van der Waals surface area contributed by atoms with Gasteiger partial charge in [0, 0.05) is 19.2 Å². The third-order valence-corrected chi connectivity index (χ3v) is 3.49. The van der Waals surface area contributed by atoms with Gasteiger partial charge in [-0.2, -0.15) is 0 Å². The quantitative estimate of drug-likeness (QED) is 0.318. The minimum atomic E-state index is -0.887. The molecule has 1 aliphatic rings. The average molecular weight is 370 g/mol. The number of hydrazine groups is 1. The van der Waals surface area contributed by atoms with Crippen LogP contribution in [0.3, 0.4) is 0 Å². The number of hydrogen-bond donors (Lipinski definition) is 0. The van der Waals surface area contributed by atoms with Gasteiger partial charge in [0.05, 0.1) is 41.1 Å². The Morgan fingerprint density at radius 3 is 2.31 bits per heavy atom. The van der Waals surface area contributed by atoms with Crippen molar-refractivity contribution in [3.63, 3.8) is 0 Å². The topological polar surface area (TPSA) is 167 Å². The SMILES string of the molecule is COC(=O)N1CCN(/[N+]([O-])=N/Oc2ccc([N+](=O)[O-])cc2[N+](=O)[O-])CC1. The lowest BCUT2D eigenvalue weighted by atomic mass is 10.2. The molecule has 140 valence electrons. The molecule has 1 amide bonds. The molecular weight excluding hydrogens is 356 g/mol. The van der Waals surface area contributed by atoms with Crippen LogP contribution in [0.2, 0.25) is 0 Å². The average Bonchev–Trinajstić information content (AvgIpc) is 2.65. The Bertz CT molecular complexity index is 745. The molecule has 1 aromatic rings. The second kappa shape index (κ2) is 7.91. The first-order chi connectivity index (χ1) is 12.3. The van der Waals surface area contributed by atoms with E-state index in [1.54, 1.807) is 0 Å². The largest absolute Gasteiger partial charge is 0.569 e. The molecule has 0 unspecified atom stereocenters. The van der Waals surface area contributed by atoms with Crippen LogP contribution in [0.5, 0.6) is 5.75 Å². The molecule has 2 rings (SSSR count). The molecule has 0 atom stereocenters. The van der Waals surface area contributed by atoms with Crippen molar-refractivity contribution in [2.75, 3.05) is 33.3 Å². The summed E-state index contributed by atoms with van der Waals surface area (Å²) in [5.74, 6) is -0.422. The lowest BCUT2D eigenvalue weighted by molar-refractivity contribution is -0.708. The number of nitrogens with zero attached hydrogens (tertiary/aromatic N) is 6. The number of hydrogen-bond acceptors (Lipinski definition) is 9. The van der Waals surface area contributed by atoms with Gasteiger partial charge >= 0.3 is 11.8 Å². The van der Waals surface area contributed by atoms with Crippen LogP contribution in [0.25, 0.3) is 0 Å². The summed E-state index contributed by atoms with van der Waals surface area (Å²) in [6, 6.07) is 2.67. The molecule has 0 aliphatic carbocycles. The number of ether oxygens (including phenoxy) is 1. The number of carbonyl (C=O) groups excluding carboxylic acids is 1. The third-order valence-electron chi connectivity index (χ3n) is 3.49. The van der Waals surface area contributed by atoms with Crippen molar-refractivity contribution in [2.24, 2.45) is 5.28 Å². The summed E-state index contributed by atoms with van der Waals surface area (Å²) in [6.07, 6.45) is -0.517. The Balaban J connectivity index is 2.06. The first kappa shape index (κ1) is 18.6. The van der Waals surface area contributed by atoms with E-state index in [4.69, 9.17) is 4.84 Å². The number of nitro groups is 2. The Hall–Kier alpha value is -3.71. The number of carbonyl (C=O) groups is 1. The lowest BCUT2D eigenvalue weighted by Gasteiger charge is -2.30. The van der Waals surface area contributed by atoms with Crippen molar-refractivity contribution in [2.45, 2.75) is 0 Å². The molecule has 1 saturated heterocycles. The van der Waals surface area contributed by atoms with Crippen LogP contribution in [0, 0.1) is 25.4 Å². The van der Waals surface area contributed by atoms with E-state index in [0.717, 1.165) is 12.1 Å². The van der Waals surface area contributed by atoms with Crippen LogP contribution in [0.4, 0.5) is 16.2 Å². The number of benzene rings is 1. The fourth-order valence-electron chi connectivity index (χ4n) is 2.15. The second-order valence-electron chi connectivity index (χ2n) is 5.00. The predicted octanol–water partition coefficient (Wildman–Crippen LogP) is 1.06. The molecule has 14 heteroatoms. The molecule has 0 radical (unpaired) electrons. The lowest BCUT2D eigenvalue weighted by Crippen LogP contribution is -2.50. The summed E-state index contributed by atoms with van der Waals surface area (Å²) in [7, 11) is 1.24. The highest BCUT2D eigenvalue weighted by atomic mass is 16.7. The number of amides is 1. The van der Waals surface area contributed by atoms with Crippen LogP contribution < -0.4 is 4.84 Å².